The number of para-hydroxylation sites is 1. The number of benzene rings is 1. The summed E-state index contributed by atoms with van der Waals surface area (Å²) < 4.78 is 50.6. The van der Waals surface area contributed by atoms with Crippen molar-refractivity contribution in [2.75, 3.05) is 18.5 Å². The summed E-state index contributed by atoms with van der Waals surface area (Å²) in [6.07, 6.45) is -3.57. The molecule has 2 unspecified atom stereocenters. The Hall–Kier alpha value is -2.81. The third kappa shape index (κ3) is 3.30. The van der Waals surface area contributed by atoms with Gasteiger partial charge in [0.2, 0.25) is 0 Å². The van der Waals surface area contributed by atoms with Crippen molar-refractivity contribution in [3.8, 4) is 5.75 Å². The quantitative estimate of drug-likeness (QED) is 0.720. The number of halogens is 3. The van der Waals surface area contributed by atoms with Crippen LogP contribution in [-0.4, -0.2) is 34.3 Å². The molecule has 1 aliphatic heterocycles. The van der Waals surface area contributed by atoms with Gasteiger partial charge in [0.25, 0.3) is 0 Å². The Kier molecular flexibility index (Phi) is 4.39. The van der Waals surface area contributed by atoms with Crippen LogP contribution in [0.2, 0.25) is 0 Å². The van der Waals surface area contributed by atoms with Crippen molar-refractivity contribution in [3.63, 3.8) is 0 Å². The first kappa shape index (κ1) is 17.6. The molecule has 0 saturated heterocycles. The number of aromatic amines is 1. The first-order valence-electron chi connectivity index (χ1n) is 8.48. The van der Waals surface area contributed by atoms with E-state index in [1.165, 1.54) is 6.33 Å². The number of ether oxygens (including phenoxy) is 2. The highest BCUT2D eigenvalue weighted by Gasteiger charge is 2.35. The summed E-state index contributed by atoms with van der Waals surface area (Å²) >= 11 is 0. The average Bonchev–Trinajstić information content (AvgIpc) is 3.09. The van der Waals surface area contributed by atoms with E-state index in [9.17, 15) is 13.2 Å². The van der Waals surface area contributed by atoms with Crippen LogP contribution >= 0.6 is 0 Å². The van der Waals surface area contributed by atoms with Crippen LogP contribution in [0.5, 0.6) is 5.75 Å². The molecule has 0 fully saturated rings. The highest BCUT2D eigenvalue weighted by Crippen LogP contribution is 2.37. The molecule has 27 heavy (non-hydrogen) atoms. The maximum Gasteiger partial charge on any atom is 0.431 e. The molecule has 9 heteroatoms. The molecule has 1 aromatic carbocycles. The summed E-state index contributed by atoms with van der Waals surface area (Å²) in [5, 5.41) is 3.50. The Morgan fingerprint density at radius 1 is 1.30 bits per heavy atom. The lowest BCUT2D eigenvalue weighted by molar-refractivity contribution is -0.140. The molecule has 0 spiro atoms. The molecule has 3 heterocycles. The monoisotopic (exact) mass is 378 g/mol. The molecule has 0 bridgehead atoms. The van der Waals surface area contributed by atoms with E-state index in [0.29, 0.717) is 24.8 Å². The van der Waals surface area contributed by atoms with Gasteiger partial charge in [-0.05, 0) is 19.1 Å². The fourth-order valence-electron chi connectivity index (χ4n) is 3.22. The number of nitrogens with zero attached hydrogens (tertiary/aromatic N) is 2. The maximum absolute atomic E-state index is 13.0. The van der Waals surface area contributed by atoms with E-state index in [2.05, 4.69) is 20.3 Å². The molecule has 0 amide bonds. The molecule has 2 N–H and O–H groups in total. The van der Waals surface area contributed by atoms with Gasteiger partial charge >= 0.3 is 6.18 Å². The number of anilines is 1. The average molecular weight is 378 g/mol. The number of H-pyrrole nitrogens is 1. The van der Waals surface area contributed by atoms with E-state index in [-0.39, 0.29) is 23.2 Å². The SMILES string of the molecule is CCOC1COc2ccccc2C1Nc1ncnc2[nH]c(C(F)(F)F)cc12. The fourth-order valence-corrected chi connectivity index (χ4v) is 3.22. The van der Waals surface area contributed by atoms with Crippen molar-refractivity contribution >= 4 is 16.9 Å². The summed E-state index contributed by atoms with van der Waals surface area (Å²) in [5.74, 6) is 1.01. The van der Waals surface area contributed by atoms with Crippen LogP contribution in [0.25, 0.3) is 11.0 Å². The predicted molar refractivity (Wildman–Crippen MR) is 92.6 cm³/mol. The van der Waals surface area contributed by atoms with E-state index in [4.69, 9.17) is 9.47 Å². The van der Waals surface area contributed by atoms with Crippen LogP contribution in [0.4, 0.5) is 19.0 Å². The molecule has 0 saturated carbocycles. The van der Waals surface area contributed by atoms with E-state index in [1.54, 1.807) is 0 Å². The van der Waals surface area contributed by atoms with Gasteiger partial charge in [0.15, 0.2) is 0 Å². The van der Waals surface area contributed by atoms with Crippen LogP contribution in [-0.2, 0) is 10.9 Å². The lowest BCUT2D eigenvalue weighted by atomic mass is 9.98. The topological polar surface area (TPSA) is 72.1 Å². The Labute approximate surface area is 152 Å². The zero-order chi connectivity index (χ0) is 19.0. The molecule has 0 aliphatic carbocycles. The van der Waals surface area contributed by atoms with Gasteiger partial charge in [-0.25, -0.2) is 9.97 Å². The summed E-state index contributed by atoms with van der Waals surface area (Å²) in [6.45, 7) is 2.69. The molecule has 6 nitrogen and oxygen atoms in total. The van der Waals surface area contributed by atoms with Crippen molar-refractivity contribution in [2.24, 2.45) is 0 Å². The minimum Gasteiger partial charge on any atom is -0.490 e. The predicted octanol–water partition coefficient (Wildman–Crippen LogP) is 3.93. The number of alkyl halides is 3. The maximum atomic E-state index is 13.0. The molecule has 2 aromatic heterocycles. The molecule has 4 rings (SSSR count). The van der Waals surface area contributed by atoms with Gasteiger partial charge in [0.05, 0.1) is 11.4 Å². The third-order valence-electron chi connectivity index (χ3n) is 4.43. The Balaban J connectivity index is 1.74. The number of aromatic nitrogens is 3. The standard InChI is InChI=1S/C18H17F3N4O2/c1-2-26-13-8-27-12-6-4-3-5-10(12)15(13)25-17-11-7-14(18(19,20)21)24-16(11)22-9-23-17/h3-7,9,13,15H,2,8H2,1H3,(H2,22,23,24,25). The van der Waals surface area contributed by atoms with Crippen LogP contribution < -0.4 is 10.1 Å². The summed E-state index contributed by atoms with van der Waals surface area (Å²) in [6, 6.07) is 8.17. The number of fused-ring (bicyclic) bond motifs is 2. The Morgan fingerprint density at radius 2 is 2.11 bits per heavy atom. The van der Waals surface area contributed by atoms with Gasteiger partial charge in [-0.2, -0.15) is 13.2 Å². The van der Waals surface area contributed by atoms with E-state index >= 15 is 0 Å². The number of hydrogen-bond acceptors (Lipinski definition) is 5. The summed E-state index contributed by atoms with van der Waals surface area (Å²) in [5.41, 5.74) is 0.114. The van der Waals surface area contributed by atoms with Gasteiger partial charge in [0, 0.05) is 12.2 Å². The first-order chi connectivity index (χ1) is 13.0. The smallest absolute Gasteiger partial charge is 0.431 e. The largest absolute Gasteiger partial charge is 0.490 e. The molecule has 1 aliphatic rings. The van der Waals surface area contributed by atoms with Gasteiger partial charge in [-0.3, -0.25) is 0 Å². The third-order valence-corrected chi connectivity index (χ3v) is 4.43. The summed E-state index contributed by atoms with van der Waals surface area (Å²) in [4.78, 5) is 10.4. The molecule has 3 aromatic rings. The zero-order valence-corrected chi connectivity index (χ0v) is 14.4. The highest BCUT2D eigenvalue weighted by molar-refractivity contribution is 5.88. The Bertz CT molecular complexity index is 957. The second-order valence-corrected chi connectivity index (χ2v) is 6.13. The summed E-state index contributed by atoms with van der Waals surface area (Å²) in [7, 11) is 0. The van der Waals surface area contributed by atoms with Crippen LogP contribution in [0, 0.1) is 0 Å². The van der Waals surface area contributed by atoms with E-state index in [0.717, 1.165) is 11.6 Å². The second kappa shape index (κ2) is 6.73. The molecular weight excluding hydrogens is 361 g/mol. The molecular formula is C18H17F3N4O2. The minimum atomic E-state index is -4.49. The molecule has 2 atom stereocenters. The Morgan fingerprint density at radius 3 is 2.89 bits per heavy atom. The van der Waals surface area contributed by atoms with Crippen molar-refractivity contribution in [3.05, 3.63) is 47.9 Å². The zero-order valence-electron chi connectivity index (χ0n) is 14.4. The van der Waals surface area contributed by atoms with Crippen LogP contribution in [0.1, 0.15) is 24.2 Å². The fraction of sp³-hybridized carbons (Fsp3) is 0.333. The van der Waals surface area contributed by atoms with E-state index in [1.807, 2.05) is 31.2 Å². The first-order valence-corrected chi connectivity index (χ1v) is 8.48. The van der Waals surface area contributed by atoms with Crippen LogP contribution in [0.3, 0.4) is 0 Å². The lowest BCUT2D eigenvalue weighted by Crippen LogP contribution is -2.37. The minimum absolute atomic E-state index is 0.119. The lowest BCUT2D eigenvalue weighted by Gasteiger charge is -2.34. The molecule has 142 valence electrons. The molecule has 0 radical (unpaired) electrons. The van der Waals surface area contributed by atoms with E-state index < -0.39 is 11.9 Å². The van der Waals surface area contributed by atoms with Gasteiger partial charge < -0.3 is 19.8 Å². The second-order valence-electron chi connectivity index (χ2n) is 6.13. The van der Waals surface area contributed by atoms with Gasteiger partial charge in [0.1, 0.15) is 41.9 Å². The normalized spacial score (nSPS) is 19.6. The number of hydrogen-bond donors (Lipinski definition) is 2. The van der Waals surface area contributed by atoms with Crippen LogP contribution in [0.15, 0.2) is 36.7 Å². The number of nitrogens with one attached hydrogen (secondary N) is 2. The van der Waals surface area contributed by atoms with Crippen molar-refractivity contribution in [1.29, 1.82) is 0 Å². The van der Waals surface area contributed by atoms with Gasteiger partial charge in [-0.15, -0.1) is 0 Å². The van der Waals surface area contributed by atoms with Crippen molar-refractivity contribution in [1.82, 2.24) is 15.0 Å². The van der Waals surface area contributed by atoms with Gasteiger partial charge in [-0.1, -0.05) is 18.2 Å². The van der Waals surface area contributed by atoms with Crippen molar-refractivity contribution < 1.29 is 22.6 Å². The highest BCUT2D eigenvalue weighted by atomic mass is 19.4. The van der Waals surface area contributed by atoms with Crippen molar-refractivity contribution in [2.45, 2.75) is 25.2 Å². The number of rotatable bonds is 4.